The standard InChI is InChI=1S/C16H13NO3/c18-16(11-19-13-7-2-1-3-8-13)20-15-10-12-6-4-5-9-14(12)17-15/h1-10,17H,11H2. The van der Waals surface area contributed by atoms with Crippen molar-refractivity contribution >= 4 is 16.9 Å². The van der Waals surface area contributed by atoms with E-state index >= 15 is 0 Å². The highest BCUT2D eigenvalue weighted by atomic mass is 16.6. The molecule has 100 valence electrons. The van der Waals surface area contributed by atoms with Crippen LogP contribution in [0.3, 0.4) is 0 Å². The molecule has 0 amide bonds. The second-order valence-electron chi connectivity index (χ2n) is 4.30. The van der Waals surface area contributed by atoms with Crippen molar-refractivity contribution in [2.24, 2.45) is 0 Å². The summed E-state index contributed by atoms with van der Waals surface area (Å²) < 4.78 is 10.5. The number of hydrogen-bond acceptors (Lipinski definition) is 3. The van der Waals surface area contributed by atoms with E-state index in [9.17, 15) is 4.79 Å². The molecule has 0 fully saturated rings. The van der Waals surface area contributed by atoms with E-state index in [1.165, 1.54) is 0 Å². The zero-order chi connectivity index (χ0) is 13.8. The maximum absolute atomic E-state index is 11.7. The first kappa shape index (κ1) is 12.3. The highest BCUT2D eigenvalue weighted by Gasteiger charge is 2.08. The molecule has 2 aromatic carbocycles. The molecule has 20 heavy (non-hydrogen) atoms. The average molecular weight is 267 g/mol. The molecule has 4 nitrogen and oxygen atoms in total. The molecule has 0 aliphatic carbocycles. The number of H-pyrrole nitrogens is 1. The molecule has 0 aliphatic heterocycles. The van der Waals surface area contributed by atoms with Crippen LogP contribution in [-0.4, -0.2) is 17.6 Å². The van der Waals surface area contributed by atoms with Crippen LogP contribution >= 0.6 is 0 Å². The van der Waals surface area contributed by atoms with E-state index in [2.05, 4.69) is 4.98 Å². The van der Waals surface area contributed by atoms with Gasteiger partial charge in [0.1, 0.15) is 5.75 Å². The van der Waals surface area contributed by atoms with Crippen LogP contribution in [0.25, 0.3) is 10.9 Å². The fraction of sp³-hybridized carbons (Fsp3) is 0.0625. The topological polar surface area (TPSA) is 51.3 Å². The number of carbonyl (C=O) groups excluding carboxylic acids is 1. The molecule has 3 aromatic rings. The van der Waals surface area contributed by atoms with Gasteiger partial charge in [0, 0.05) is 17.0 Å². The zero-order valence-corrected chi connectivity index (χ0v) is 10.7. The predicted molar refractivity (Wildman–Crippen MR) is 75.9 cm³/mol. The summed E-state index contributed by atoms with van der Waals surface area (Å²) in [7, 11) is 0. The summed E-state index contributed by atoms with van der Waals surface area (Å²) in [5, 5.41) is 0.999. The number of carbonyl (C=O) groups is 1. The molecule has 0 bridgehead atoms. The van der Waals surface area contributed by atoms with E-state index < -0.39 is 5.97 Å². The van der Waals surface area contributed by atoms with E-state index in [-0.39, 0.29) is 6.61 Å². The summed E-state index contributed by atoms with van der Waals surface area (Å²) in [4.78, 5) is 14.7. The van der Waals surface area contributed by atoms with E-state index in [4.69, 9.17) is 9.47 Å². The first-order valence-electron chi connectivity index (χ1n) is 6.27. The minimum Gasteiger partial charge on any atom is -0.482 e. The quantitative estimate of drug-likeness (QED) is 0.739. The zero-order valence-electron chi connectivity index (χ0n) is 10.7. The number of fused-ring (bicyclic) bond motifs is 1. The smallest absolute Gasteiger partial charge is 0.350 e. The van der Waals surface area contributed by atoms with Crippen LogP contribution in [0.1, 0.15) is 0 Å². The van der Waals surface area contributed by atoms with Gasteiger partial charge in [-0.05, 0) is 18.2 Å². The molecular weight excluding hydrogens is 254 g/mol. The van der Waals surface area contributed by atoms with Gasteiger partial charge in [0.15, 0.2) is 6.61 Å². The lowest BCUT2D eigenvalue weighted by Crippen LogP contribution is -2.17. The van der Waals surface area contributed by atoms with Crippen LogP contribution in [0, 0.1) is 0 Å². The Labute approximate surface area is 115 Å². The van der Waals surface area contributed by atoms with E-state index in [1.54, 1.807) is 18.2 Å². The average Bonchev–Trinajstić information content (AvgIpc) is 2.88. The van der Waals surface area contributed by atoms with Gasteiger partial charge < -0.3 is 14.5 Å². The molecule has 0 radical (unpaired) electrons. The number of rotatable bonds is 4. The third kappa shape index (κ3) is 2.80. The minimum absolute atomic E-state index is 0.126. The van der Waals surface area contributed by atoms with Gasteiger partial charge in [0.05, 0.1) is 0 Å². The number of para-hydroxylation sites is 2. The Bertz CT molecular complexity index is 686. The molecule has 1 N–H and O–H groups in total. The van der Waals surface area contributed by atoms with Gasteiger partial charge in [-0.1, -0.05) is 36.4 Å². The third-order valence-corrected chi connectivity index (χ3v) is 2.83. The number of ether oxygens (including phenoxy) is 2. The molecule has 4 heteroatoms. The number of nitrogens with one attached hydrogen (secondary N) is 1. The number of aromatic amines is 1. The molecule has 0 unspecified atom stereocenters. The van der Waals surface area contributed by atoms with Crippen LogP contribution < -0.4 is 9.47 Å². The van der Waals surface area contributed by atoms with Crippen molar-refractivity contribution in [1.29, 1.82) is 0 Å². The van der Waals surface area contributed by atoms with Gasteiger partial charge >= 0.3 is 5.97 Å². The summed E-state index contributed by atoms with van der Waals surface area (Å²) in [6, 6.07) is 18.7. The lowest BCUT2D eigenvalue weighted by molar-refractivity contribution is -0.136. The Balaban J connectivity index is 1.61. The largest absolute Gasteiger partial charge is 0.482 e. The van der Waals surface area contributed by atoms with Crippen molar-refractivity contribution < 1.29 is 14.3 Å². The van der Waals surface area contributed by atoms with Crippen LogP contribution in [0.4, 0.5) is 0 Å². The number of esters is 1. The van der Waals surface area contributed by atoms with Crippen molar-refractivity contribution in [3.8, 4) is 11.6 Å². The summed E-state index contributed by atoms with van der Waals surface area (Å²) in [6.07, 6.45) is 0. The first-order chi connectivity index (χ1) is 9.81. The predicted octanol–water partition coefficient (Wildman–Crippen LogP) is 3.15. The van der Waals surface area contributed by atoms with E-state index in [1.807, 2.05) is 42.5 Å². The number of hydrogen-bond donors (Lipinski definition) is 1. The van der Waals surface area contributed by atoms with Crippen LogP contribution in [-0.2, 0) is 4.79 Å². The Hall–Kier alpha value is -2.75. The molecule has 3 rings (SSSR count). The lowest BCUT2D eigenvalue weighted by atomic mass is 10.3. The molecule has 0 aliphatic rings. The SMILES string of the molecule is O=C(COc1ccccc1)Oc1cc2ccccc2[nH]1. The molecule has 1 heterocycles. The van der Waals surface area contributed by atoms with Gasteiger partial charge in [-0.25, -0.2) is 4.79 Å². The van der Waals surface area contributed by atoms with Crippen molar-refractivity contribution in [3.63, 3.8) is 0 Å². The van der Waals surface area contributed by atoms with Crippen molar-refractivity contribution in [3.05, 3.63) is 60.7 Å². The van der Waals surface area contributed by atoms with Crippen LogP contribution in [0.2, 0.25) is 0 Å². The van der Waals surface area contributed by atoms with E-state index in [0.29, 0.717) is 11.6 Å². The third-order valence-electron chi connectivity index (χ3n) is 2.83. The number of aromatic nitrogens is 1. The fourth-order valence-corrected chi connectivity index (χ4v) is 1.91. The Kier molecular flexibility index (Phi) is 3.37. The van der Waals surface area contributed by atoms with Crippen LogP contribution in [0.5, 0.6) is 11.6 Å². The second-order valence-corrected chi connectivity index (χ2v) is 4.30. The van der Waals surface area contributed by atoms with Crippen molar-refractivity contribution in [2.45, 2.75) is 0 Å². The summed E-state index contributed by atoms with van der Waals surface area (Å²) >= 11 is 0. The summed E-state index contributed by atoms with van der Waals surface area (Å²) in [5.41, 5.74) is 0.930. The number of benzene rings is 2. The molecule has 0 saturated heterocycles. The van der Waals surface area contributed by atoms with E-state index in [0.717, 1.165) is 10.9 Å². The Morgan fingerprint density at radius 3 is 2.55 bits per heavy atom. The molecule has 0 spiro atoms. The highest BCUT2D eigenvalue weighted by Crippen LogP contribution is 2.20. The second kappa shape index (κ2) is 5.48. The van der Waals surface area contributed by atoms with Crippen molar-refractivity contribution in [2.75, 3.05) is 6.61 Å². The maximum atomic E-state index is 11.7. The first-order valence-corrected chi connectivity index (χ1v) is 6.27. The Morgan fingerprint density at radius 2 is 1.75 bits per heavy atom. The molecule has 0 atom stereocenters. The van der Waals surface area contributed by atoms with Gasteiger partial charge in [-0.2, -0.15) is 0 Å². The molecule has 1 aromatic heterocycles. The van der Waals surface area contributed by atoms with Gasteiger partial charge in [0.2, 0.25) is 5.88 Å². The minimum atomic E-state index is -0.444. The summed E-state index contributed by atoms with van der Waals surface area (Å²) in [5.74, 6) is 0.620. The van der Waals surface area contributed by atoms with Gasteiger partial charge in [0.25, 0.3) is 0 Å². The fourth-order valence-electron chi connectivity index (χ4n) is 1.91. The van der Waals surface area contributed by atoms with Crippen LogP contribution in [0.15, 0.2) is 60.7 Å². The molecule has 0 saturated carbocycles. The Morgan fingerprint density at radius 1 is 1.00 bits per heavy atom. The van der Waals surface area contributed by atoms with Gasteiger partial charge in [-0.15, -0.1) is 0 Å². The van der Waals surface area contributed by atoms with Gasteiger partial charge in [-0.3, -0.25) is 0 Å². The molecular formula is C16H13NO3. The maximum Gasteiger partial charge on any atom is 0.350 e. The summed E-state index contributed by atoms with van der Waals surface area (Å²) in [6.45, 7) is -0.126. The lowest BCUT2D eigenvalue weighted by Gasteiger charge is -2.04. The highest BCUT2D eigenvalue weighted by molar-refractivity contribution is 5.83. The van der Waals surface area contributed by atoms with Crippen molar-refractivity contribution in [1.82, 2.24) is 4.98 Å². The normalized spacial score (nSPS) is 10.4. The monoisotopic (exact) mass is 267 g/mol.